The first-order chi connectivity index (χ1) is 12.8. The quantitative estimate of drug-likeness (QED) is 0.875. The fourth-order valence-corrected chi connectivity index (χ4v) is 3.68. The normalized spacial score (nSPS) is 14.9. The molecule has 0 aromatic heterocycles. The minimum atomic E-state index is -3.35. The smallest absolute Gasteiger partial charge is 0.255 e. The Morgan fingerprint density at radius 3 is 2.41 bits per heavy atom. The van der Waals surface area contributed by atoms with E-state index in [9.17, 15) is 18.0 Å². The van der Waals surface area contributed by atoms with Gasteiger partial charge in [-0.25, -0.2) is 8.42 Å². The largest absolute Gasteiger partial charge is 0.322 e. The number of aryl methyl sites for hydroxylation is 1. The topological polar surface area (TPSA) is 83.6 Å². The lowest BCUT2D eigenvalue weighted by Gasteiger charge is -2.26. The fourth-order valence-electron chi connectivity index (χ4n) is 3.03. The third-order valence-corrected chi connectivity index (χ3v) is 5.76. The number of anilines is 2. The van der Waals surface area contributed by atoms with E-state index in [0.29, 0.717) is 24.2 Å². The van der Waals surface area contributed by atoms with Gasteiger partial charge in [0.05, 0.1) is 4.90 Å². The molecule has 7 heteroatoms. The first-order valence-electron chi connectivity index (χ1n) is 8.78. The van der Waals surface area contributed by atoms with E-state index in [0.717, 1.165) is 30.3 Å². The van der Waals surface area contributed by atoms with Crippen LogP contribution in [0.5, 0.6) is 0 Å². The van der Waals surface area contributed by atoms with Crippen LogP contribution in [-0.2, 0) is 14.6 Å². The molecule has 2 amide bonds. The Kier molecular flexibility index (Phi) is 5.32. The van der Waals surface area contributed by atoms with Gasteiger partial charge in [0, 0.05) is 36.2 Å². The predicted molar refractivity (Wildman–Crippen MR) is 105 cm³/mol. The number of sulfone groups is 1. The molecule has 0 bridgehead atoms. The molecule has 0 saturated carbocycles. The van der Waals surface area contributed by atoms with Gasteiger partial charge in [0.25, 0.3) is 5.91 Å². The van der Waals surface area contributed by atoms with Crippen LogP contribution in [0.15, 0.2) is 47.4 Å². The van der Waals surface area contributed by atoms with E-state index in [2.05, 4.69) is 5.32 Å². The minimum absolute atomic E-state index is 0.103. The van der Waals surface area contributed by atoms with Gasteiger partial charge in [-0.2, -0.15) is 0 Å². The first kappa shape index (κ1) is 19.1. The molecule has 1 fully saturated rings. The average Bonchev–Trinajstić information content (AvgIpc) is 2.63. The maximum Gasteiger partial charge on any atom is 0.255 e. The third-order valence-electron chi connectivity index (χ3n) is 4.65. The van der Waals surface area contributed by atoms with Crippen molar-refractivity contribution < 1.29 is 18.0 Å². The van der Waals surface area contributed by atoms with Crippen LogP contribution < -0.4 is 10.2 Å². The van der Waals surface area contributed by atoms with Crippen LogP contribution in [-0.4, -0.2) is 33.0 Å². The van der Waals surface area contributed by atoms with E-state index in [1.807, 2.05) is 0 Å². The molecule has 3 rings (SSSR count). The molecule has 1 aliphatic rings. The summed E-state index contributed by atoms with van der Waals surface area (Å²) in [6.45, 7) is 2.49. The van der Waals surface area contributed by atoms with Gasteiger partial charge in [0.2, 0.25) is 5.91 Å². The van der Waals surface area contributed by atoms with Crippen LogP contribution in [0.1, 0.15) is 35.2 Å². The third kappa shape index (κ3) is 4.36. The number of hydrogen-bond acceptors (Lipinski definition) is 4. The van der Waals surface area contributed by atoms with E-state index < -0.39 is 9.84 Å². The van der Waals surface area contributed by atoms with Gasteiger partial charge in [0.1, 0.15) is 0 Å². The summed E-state index contributed by atoms with van der Waals surface area (Å²) in [6, 6.07) is 11.5. The second-order valence-corrected chi connectivity index (χ2v) is 8.77. The monoisotopic (exact) mass is 386 g/mol. The van der Waals surface area contributed by atoms with Gasteiger partial charge in [0.15, 0.2) is 9.84 Å². The lowest BCUT2D eigenvalue weighted by molar-refractivity contribution is -0.119. The van der Waals surface area contributed by atoms with Crippen molar-refractivity contribution in [2.75, 3.05) is 23.0 Å². The average molecular weight is 386 g/mol. The SMILES string of the molecule is Cc1ccc(S(C)(=O)=O)cc1NC(=O)c1ccc(N2CCCCC2=O)cc1. The summed E-state index contributed by atoms with van der Waals surface area (Å²) in [6.07, 6.45) is 3.58. The van der Waals surface area contributed by atoms with E-state index in [1.165, 1.54) is 12.1 Å². The zero-order valence-electron chi connectivity index (χ0n) is 15.4. The molecule has 1 N–H and O–H groups in total. The van der Waals surface area contributed by atoms with Gasteiger partial charge < -0.3 is 10.2 Å². The molecule has 27 heavy (non-hydrogen) atoms. The number of rotatable bonds is 4. The molecule has 1 heterocycles. The Balaban J connectivity index is 1.78. The number of nitrogens with zero attached hydrogens (tertiary/aromatic N) is 1. The van der Waals surface area contributed by atoms with E-state index >= 15 is 0 Å². The lowest BCUT2D eigenvalue weighted by Crippen LogP contribution is -2.35. The standard InChI is InChI=1S/C20H22N2O4S/c1-14-6-11-17(27(2,25)26)13-18(14)21-20(24)15-7-9-16(10-8-15)22-12-4-3-5-19(22)23/h6-11,13H,3-5,12H2,1-2H3,(H,21,24). The highest BCUT2D eigenvalue weighted by atomic mass is 32.2. The lowest BCUT2D eigenvalue weighted by atomic mass is 10.1. The van der Waals surface area contributed by atoms with Crippen molar-refractivity contribution in [2.45, 2.75) is 31.1 Å². The minimum Gasteiger partial charge on any atom is -0.322 e. The van der Waals surface area contributed by atoms with Crippen LogP contribution in [0.4, 0.5) is 11.4 Å². The highest BCUT2D eigenvalue weighted by Gasteiger charge is 2.20. The van der Waals surface area contributed by atoms with E-state index in [4.69, 9.17) is 0 Å². The molecule has 6 nitrogen and oxygen atoms in total. The molecule has 2 aromatic carbocycles. The van der Waals surface area contributed by atoms with Gasteiger partial charge in [-0.15, -0.1) is 0 Å². The predicted octanol–water partition coefficient (Wildman–Crippen LogP) is 3.17. The molecule has 0 aliphatic carbocycles. The van der Waals surface area contributed by atoms with E-state index in [1.54, 1.807) is 42.2 Å². The van der Waals surface area contributed by atoms with Crippen molar-refractivity contribution in [3.05, 3.63) is 53.6 Å². The van der Waals surface area contributed by atoms with Gasteiger partial charge in [-0.1, -0.05) is 6.07 Å². The molecular weight excluding hydrogens is 364 g/mol. The molecule has 1 saturated heterocycles. The summed E-state index contributed by atoms with van der Waals surface area (Å²) in [5.74, 6) is -0.230. The Morgan fingerprint density at radius 1 is 1.07 bits per heavy atom. The van der Waals surface area contributed by atoms with Crippen molar-refractivity contribution >= 4 is 33.0 Å². The first-order valence-corrected chi connectivity index (χ1v) is 10.7. The molecule has 0 atom stereocenters. The summed E-state index contributed by atoms with van der Waals surface area (Å²) in [7, 11) is -3.35. The molecule has 0 unspecified atom stereocenters. The van der Waals surface area contributed by atoms with Crippen LogP contribution in [0.25, 0.3) is 0 Å². The van der Waals surface area contributed by atoms with Crippen LogP contribution in [0.3, 0.4) is 0 Å². The number of hydrogen-bond donors (Lipinski definition) is 1. The van der Waals surface area contributed by atoms with Crippen molar-refractivity contribution in [3.8, 4) is 0 Å². The summed E-state index contributed by atoms with van der Waals surface area (Å²) in [5.41, 5.74) is 2.45. The van der Waals surface area contributed by atoms with Crippen LogP contribution in [0.2, 0.25) is 0 Å². The second kappa shape index (κ2) is 7.52. The van der Waals surface area contributed by atoms with Gasteiger partial charge >= 0.3 is 0 Å². The van der Waals surface area contributed by atoms with Gasteiger partial charge in [-0.05, 0) is 61.7 Å². The fraction of sp³-hybridized carbons (Fsp3) is 0.300. The zero-order valence-corrected chi connectivity index (χ0v) is 16.2. The summed E-state index contributed by atoms with van der Waals surface area (Å²) in [4.78, 5) is 26.4. The van der Waals surface area contributed by atoms with E-state index in [-0.39, 0.29) is 16.7 Å². The highest BCUT2D eigenvalue weighted by molar-refractivity contribution is 7.90. The second-order valence-electron chi connectivity index (χ2n) is 6.75. The molecule has 2 aromatic rings. The maximum absolute atomic E-state index is 12.5. The summed E-state index contributed by atoms with van der Waals surface area (Å²) in [5, 5.41) is 2.76. The van der Waals surface area contributed by atoms with Crippen molar-refractivity contribution in [1.29, 1.82) is 0 Å². The number of amides is 2. The molecule has 0 spiro atoms. The van der Waals surface area contributed by atoms with Crippen molar-refractivity contribution in [3.63, 3.8) is 0 Å². The Labute approximate surface area is 159 Å². The molecular formula is C20H22N2O4S. The Hall–Kier alpha value is -2.67. The summed E-state index contributed by atoms with van der Waals surface area (Å²) >= 11 is 0. The zero-order chi connectivity index (χ0) is 19.6. The number of carbonyl (C=O) groups excluding carboxylic acids is 2. The summed E-state index contributed by atoms with van der Waals surface area (Å²) < 4.78 is 23.4. The number of nitrogens with one attached hydrogen (secondary N) is 1. The van der Waals surface area contributed by atoms with Crippen molar-refractivity contribution in [1.82, 2.24) is 0 Å². The Bertz CT molecular complexity index is 982. The van der Waals surface area contributed by atoms with Crippen LogP contribution in [0, 0.1) is 6.92 Å². The number of benzene rings is 2. The van der Waals surface area contributed by atoms with Crippen LogP contribution >= 0.6 is 0 Å². The van der Waals surface area contributed by atoms with Gasteiger partial charge in [-0.3, -0.25) is 9.59 Å². The molecule has 142 valence electrons. The molecule has 0 radical (unpaired) electrons. The maximum atomic E-state index is 12.5. The number of carbonyl (C=O) groups is 2. The number of piperidine rings is 1. The highest BCUT2D eigenvalue weighted by Crippen LogP contribution is 2.23. The molecule has 1 aliphatic heterocycles. The Morgan fingerprint density at radius 2 is 1.78 bits per heavy atom. The van der Waals surface area contributed by atoms with Crippen molar-refractivity contribution in [2.24, 2.45) is 0 Å².